The topological polar surface area (TPSA) is 40.5 Å². The summed E-state index contributed by atoms with van der Waals surface area (Å²) >= 11 is 0. The van der Waals surface area contributed by atoms with Crippen LogP contribution in [0, 0.1) is 6.92 Å². The molecule has 0 saturated carbocycles. The first-order chi connectivity index (χ1) is 8.66. The summed E-state index contributed by atoms with van der Waals surface area (Å²) in [5.41, 5.74) is 2.87. The van der Waals surface area contributed by atoms with E-state index in [-0.39, 0.29) is 11.5 Å². The van der Waals surface area contributed by atoms with Gasteiger partial charge in [0.1, 0.15) is 11.5 Å². The van der Waals surface area contributed by atoms with Crippen LogP contribution in [-0.2, 0) is 6.42 Å². The molecular formula is C16H16O2. The van der Waals surface area contributed by atoms with Gasteiger partial charge in [0.25, 0.3) is 0 Å². The van der Waals surface area contributed by atoms with Crippen LogP contribution in [0.5, 0.6) is 11.5 Å². The van der Waals surface area contributed by atoms with E-state index >= 15 is 0 Å². The van der Waals surface area contributed by atoms with Crippen LogP contribution in [0.25, 0.3) is 6.08 Å². The molecule has 2 N–H and O–H groups in total. The number of aromatic hydroxyl groups is 2. The molecule has 0 bridgehead atoms. The van der Waals surface area contributed by atoms with Crippen LogP contribution in [0.4, 0.5) is 0 Å². The molecule has 2 aromatic carbocycles. The predicted octanol–water partition coefficient (Wildman–Crippen LogP) is 3.66. The molecule has 2 aromatic rings. The number of benzene rings is 2. The highest BCUT2D eigenvalue weighted by molar-refractivity contribution is 5.51. The molecule has 0 aromatic heterocycles. The number of allylic oxidation sites excluding steroid dienone is 1. The fourth-order valence-electron chi connectivity index (χ4n) is 1.92. The molecule has 0 amide bonds. The Balaban J connectivity index is 2.14. The quantitative estimate of drug-likeness (QED) is 0.859. The van der Waals surface area contributed by atoms with Crippen molar-refractivity contribution in [1.82, 2.24) is 0 Å². The van der Waals surface area contributed by atoms with Gasteiger partial charge in [0.2, 0.25) is 0 Å². The molecule has 2 rings (SSSR count). The first-order valence-corrected chi connectivity index (χ1v) is 5.90. The molecule has 0 atom stereocenters. The Morgan fingerprint density at radius 1 is 1.06 bits per heavy atom. The molecule has 18 heavy (non-hydrogen) atoms. The molecule has 2 heteroatoms. The van der Waals surface area contributed by atoms with E-state index in [4.69, 9.17) is 0 Å². The second-order valence-corrected chi connectivity index (χ2v) is 4.28. The van der Waals surface area contributed by atoms with Gasteiger partial charge in [-0.3, -0.25) is 0 Å². The van der Waals surface area contributed by atoms with E-state index < -0.39 is 0 Å². The van der Waals surface area contributed by atoms with Crippen molar-refractivity contribution in [3.8, 4) is 11.5 Å². The molecular weight excluding hydrogens is 224 g/mol. The zero-order chi connectivity index (χ0) is 13.0. The van der Waals surface area contributed by atoms with Gasteiger partial charge in [-0.1, -0.05) is 42.5 Å². The second-order valence-electron chi connectivity index (χ2n) is 4.28. The highest BCUT2D eigenvalue weighted by Crippen LogP contribution is 2.27. The van der Waals surface area contributed by atoms with Gasteiger partial charge in [-0.15, -0.1) is 0 Å². The van der Waals surface area contributed by atoms with Crippen LogP contribution < -0.4 is 0 Å². The number of hydrogen-bond donors (Lipinski definition) is 2. The van der Waals surface area contributed by atoms with Crippen molar-refractivity contribution in [3.63, 3.8) is 0 Å². The largest absolute Gasteiger partial charge is 0.508 e. The fraction of sp³-hybridized carbons (Fsp3) is 0.125. The SMILES string of the molecule is Cc1cc(O)cc(O)c1C/C=C/c1ccccc1. The molecule has 92 valence electrons. The van der Waals surface area contributed by atoms with Gasteiger partial charge in [-0.25, -0.2) is 0 Å². The Kier molecular flexibility index (Phi) is 3.68. The third-order valence-electron chi connectivity index (χ3n) is 2.87. The number of phenols is 2. The van der Waals surface area contributed by atoms with Crippen molar-refractivity contribution in [1.29, 1.82) is 0 Å². The van der Waals surface area contributed by atoms with Gasteiger partial charge in [0, 0.05) is 11.6 Å². The average Bonchev–Trinajstić information content (AvgIpc) is 2.34. The Hall–Kier alpha value is -2.22. The molecule has 2 nitrogen and oxygen atoms in total. The van der Waals surface area contributed by atoms with Crippen LogP contribution in [0.15, 0.2) is 48.5 Å². The maximum Gasteiger partial charge on any atom is 0.123 e. The molecule has 0 fully saturated rings. The number of rotatable bonds is 3. The van der Waals surface area contributed by atoms with Crippen molar-refractivity contribution in [3.05, 3.63) is 65.2 Å². The number of phenolic OH excluding ortho intramolecular Hbond substituents is 2. The zero-order valence-corrected chi connectivity index (χ0v) is 10.3. The van der Waals surface area contributed by atoms with Crippen LogP contribution in [0.3, 0.4) is 0 Å². The van der Waals surface area contributed by atoms with Gasteiger partial charge in [0.15, 0.2) is 0 Å². The lowest BCUT2D eigenvalue weighted by Crippen LogP contribution is -1.88. The maximum absolute atomic E-state index is 9.78. The summed E-state index contributed by atoms with van der Waals surface area (Å²) in [5, 5.41) is 19.1. The normalized spacial score (nSPS) is 10.9. The molecule has 0 aliphatic heterocycles. The number of aryl methyl sites for hydroxylation is 1. The van der Waals surface area contributed by atoms with E-state index in [0.717, 1.165) is 16.7 Å². The Morgan fingerprint density at radius 3 is 2.44 bits per heavy atom. The summed E-state index contributed by atoms with van der Waals surface area (Å²) in [6, 6.07) is 13.0. The molecule has 0 saturated heterocycles. The minimum atomic E-state index is 0.0980. The Bertz CT molecular complexity index is 534. The molecule has 0 heterocycles. The van der Waals surface area contributed by atoms with E-state index in [1.54, 1.807) is 6.07 Å². The molecule has 0 aliphatic carbocycles. The summed E-state index contributed by atoms with van der Waals surface area (Å²) in [4.78, 5) is 0. The summed E-state index contributed by atoms with van der Waals surface area (Å²) in [5.74, 6) is 0.242. The maximum atomic E-state index is 9.78. The lowest BCUT2D eigenvalue weighted by molar-refractivity contribution is 0.446. The third kappa shape index (κ3) is 2.92. The van der Waals surface area contributed by atoms with Crippen LogP contribution in [-0.4, -0.2) is 10.2 Å². The van der Waals surface area contributed by atoms with Crippen molar-refractivity contribution < 1.29 is 10.2 Å². The first-order valence-electron chi connectivity index (χ1n) is 5.90. The molecule has 0 spiro atoms. The van der Waals surface area contributed by atoms with Gasteiger partial charge in [0.05, 0.1) is 0 Å². The molecule has 0 unspecified atom stereocenters. The monoisotopic (exact) mass is 240 g/mol. The number of hydrogen-bond acceptors (Lipinski definition) is 2. The van der Waals surface area contributed by atoms with Gasteiger partial charge in [-0.2, -0.15) is 0 Å². The first kappa shape index (κ1) is 12.2. The minimum absolute atomic E-state index is 0.0980. The molecule has 0 radical (unpaired) electrons. The van der Waals surface area contributed by atoms with Crippen molar-refractivity contribution in [2.24, 2.45) is 0 Å². The lowest BCUT2D eigenvalue weighted by Gasteiger charge is -2.06. The van der Waals surface area contributed by atoms with E-state index in [0.29, 0.717) is 6.42 Å². The van der Waals surface area contributed by atoms with E-state index in [2.05, 4.69) is 0 Å². The van der Waals surface area contributed by atoms with Gasteiger partial charge < -0.3 is 10.2 Å². The van der Waals surface area contributed by atoms with Crippen LogP contribution >= 0.6 is 0 Å². The summed E-state index contributed by atoms with van der Waals surface area (Å²) in [7, 11) is 0. The summed E-state index contributed by atoms with van der Waals surface area (Å²) in [6.45, 7) is 1.88. The van der Waals surface area contributed by atoms with E-state index in [1.165, 1.54) is 6.07 Å². The predicted molar refractivity (Wildman–Crippen MR) is 73.7 cm³/mol. The van der Waals surface area contributed by atoms with Gasteiger partial charge in [-0.05, 0) is 30.5 Å². The van der Waals surface area contributed by atoms with E-state index in [1.807, 2.05) is 49.4 Å². The zero-order valence-electron chi connectivity index (χ0n) is 10.3. The summed E-state index contributed by atoms with van der Waals surface area (Å²) < 4.78 is 0. The van der Waals surface area contributed by atoms with Crippen molar-refractivity contribution in [2.75, 3.05) is 0 Å². The lowest BCUT2D eigenvalue weighted by atomic mass is 10.0. The summed E-state index contributed by atoms with van der Waals surface area (Å²) in [6.07, 6.45) is 4.67. The average molecular weight is 240 g/mol. The standard InChI is InChI=1S/C16H16O2/c1-12-10-14(17)11-16(18)15(12)9-5-8-13-6-3-2-4-7-13/h2-8,10-11,17-18H,9H2,1H3/b8-5+. The molecule has 0 aliphatic rings. The van der Waals surface area contributed by atoms with Crippen LogP contribution in [0.1, 0.15) is 16.7 Å². The van der Waals surface area contributed by atoms with E-state index in [9.17, 15) is 10.2 Å². The van der Waals surface area contributed by atoms with Crippen LogP contribution in [0.2, 0.25) is 0 Å². The smallest absolute Gasteiger partial charge is 0.123 e. The Morgan fingerprint density at radius 2 is 1.78 bits per heavy atom. The second kappa shape index (κ2) is 5.41. The Labute approximate surface area is 107 Å². The van der Waals surface area contributed by atoms with Crippen molar-refractivity contribution in [2.45, 2.75) is 13.3 Å². The highest BCUT2D eigenvalue weighted by atomic mass is 16.3. The van der Waals surface area contributed by atoms with Gasteiger partial charge >= 0.3 is 0 Å². The minimum Gasteiger partial charge on any atom is -0.508 e. The fourth-order valence-corrected chi connectivity index (χ4v) is 1.92. The van der Waals surface area contributed by atoms with Crippen molar-refractivity contribution >= 4 is 6.08 Å². The highest BCUT2D eigenvalue weighted by Gasteiger charge is 2.05. The third-order valence-corrected chi connectivity index (χ3v) is 2.87.